The van der Waals surface area contributed by atoms with Gasteiger partial charge in [-0.2, -0.15) is 0 Å². The van der Waals surface area contributed by atoms with Crippen molar-refractivity contribution in [2.24, 2.45) is 0 Å². The Kier molecular flexibility index (Phi) is 3.73. The third-order valence-corrected chi connectivity index (χ3v) is 3.99. The molecule has 2 aromatic rings. The lowest BCUT2D eigenvalue weighted by atomic mass is 10.2. The van der Waals surface area contributed by atoms with Gasteiger partial charge in [-0.15, -0.1) is 11.3 Å². The average molecular weight is 314 g/mol. The minimum atomic E-state index is -0.0842. The van der Waals surface area contributed by atoms with Crippen LogP contribution in [0.25, 0.3) is 0 Å². The maximum atomic E-state index is 11.8. The minimum Gasteiger partial charge on any atom is -0.292 e. The average Bonchev–Trinajstić information content (AvgIpc) is 2.73. The van der Waals surface area contributed by atoms with E-state index < -0.39 is 0 Å². The second-order valence-corrected chi connectivity index (χ2v) is 5.75. The zero-order valence-electron chi connectivity index (χ0n) is 9.55. The van der Waals surface area contributed by atoms with Crippen LogP contribution in [-0.2, 0) is 6.54 Å². The zero-order valence-corrected chi connectivity index (χ0v) is 12.0. The first-order chi connectivity index (χ1) is 8.08. The van der Waals surface area contributed by atoms with E-state index in [2.05, 4.69) is 39.7 Å². The van der Waals surface area contributed by atoms with Gasteiger partial charge in [-0.3, -0.25) is 9.36 Å². The zero-order chi connectivity index (χ0) is 12.4. The van der Waals surface area contributed by atoms with Gasteiger partial charge in [0.2, 0.25) is 0 Å². The van der Waals surface area contributed by atoms with Crippen LogP contribution in [0.1, 0.15) is 30.5 Å². The van der Waals surface area contributed by atoms with Crippen molar-refractivity contribution in [2.45, 2.75) is 26.3 Å². The summed E-state index contributed by atoms with van der Waals surface area (Å²) in [5, 5.41) is 3.08. The van der Waals surface area contributed by atoms with E-state index in [-0.39, 0.29) is 5.56 Å². The van der Waals surface area contributed by atoms with E-state index >= 15 is 0 Å². The van der Waals surface area contributed by atoms with E-state index in [1.165, 1.54) is 12.5 Å². The molecule has 0 radical (unpaired) electrons. The fraction of sp³-hybridized carbons (Fsp3) is 0.364. The Labute approximate surface area is 111 Å². The summed E-state index contributed by atoms with van der Waals surface area (Å²) in [6.07, 6.45) is 3.03. The number of aromatic nitrogens is 3. The highest BCUT2D eigenvalue weighted by atomic mass is 79.9. The van der Waals surface area contributed by atoms with Crippen LogP contribution in [0.3, 0.4) is 0 Å². The summed E-state index contributed by atoms with van der Waals surface area (Å²) < 4.78 is 2.02. The molecule has 0 N–H and O–H groups in total. The standard InChI is InChI=1S/C11H12BrN3OS/c1-7(2)10-14-8(5-17-10)4-15-6-13-3-9(12)11(15)16/h3,5-7H,4H2,1-2H3. The van der Waals surface area contributed by atoms with Crippen LogP contribution in [0, 0.1) is 0 Å². The highest BCUT2D eigenvalue weighted by molar-refractivity contribution is 9.10. The number of thiazole rings is 1. The van der Waals surface area contributed by atoms with Crippen LogP contribution in [0.2, 0.25) is 0 Å². The molecular weight excluding hydrogens is 302 g/mol. The molecule has 4 nitrogen and oxygen atoms in total. The van der Waals surface area contributed by atoms with Crippen molar-refractivity contribution in [3.05, 3.63) is 43.4 Å². The van der Waals surface area contributed by atoms with Crippen LogP contribution in [0.15, 0.2) is 27.2 Å². The molecule has 6 heteroatoms. The minimum absolute atomic E-state index is 0.0842. The molecule has 0 saturated carbocycles. The van der Waals surface area contributed by atoms with Crippen molar-refractivity contribution in [3.63, 3.8) is 0 Å². The molecule has 0 aliphatic rings. The van der Waals surface area contributed by atoms with Gasteiger partial charge in [0, 0.05) is 17.5 Å². The molecule has 0 amide bonds. The predicted octanol–water partition coefficient (Wildman–Crippen LogP) is 2.63. The Morgan fingerprint density at radius 1 is 1.53 bits per heavy atom. The van der Waals surface area contributed by atoms with Crippen LogP contribution in [0.5, 0.6) is 0 Å². The molecular formula is C11H12BrN3OS. The van der Waals surface area contributed by atoms with Crippen LogP contribution >= 0.6 is 27.3 Å². The second-order valence-electron chi connectivity index (χ2n) is 4.01. The van der Waals surface area contributed by atoms with Gasteiger partial charge >= 0.3 is 0 Å². The lowest BCUT2D eigenvalue weighted by Crippen LogP contribution is -2.21. The molecule has 2 heterocycles. The molecule has 0 spiro atoms. The van der Waals surface area contributed by atoms with E-state index in [1.54, 1.807) is 15.9 Å². The summed E-state index contributed by atoms with van der Waals surface area (Å²) >= 11 is 4.80. The van der Waals surface area contributed by atoms with Gasteiger partial charge in [0.1, 0.15) is 4.47 Å². The van der Waals surface area contributed by atoms with Crippen LogP contribution in [-0.4, -0.2) is 14.5 Å². The third-order valence-electron chi connectivity index (χ3n) is 2.25. The Morgan fingerprint density at radius 2 is 2.29 bits per heavy atom. The second kappa shape index (κ2) is 5.10. The summed E-state index contributed by atoms with van der Waals surface area (Å²) in [6, 6.07) is 0. The molecule has 0 bridgehead atoms. The van der Waals surface area contributed by atoms with Crippen molar-refractivity contribution in [3.8, 4) is 0 Å². The first-order valence-electron chi connectivity index (χ1n) is 5.22. The lowest BCUT2D eigenvalue weighted by molar-refractivity contribution is 0.711. The number of hydrogen-bond acceptors (Lipinski definition) is 4. The number of nitrogens with zero attached hydrogens (tertiary/aromatic N) is 3. The monoisotopic (exact) mass is 313 g/mol. The van der Waals surface area contributed by atoms with Crippen molar-refractivity contribution in [2.75, 3.05) is 0 Å². The van der Waals surface area contributed by atoms with Crippen molar-refractivity contribution < 1.29 is 0 Å². The molecule has 0 saturated heterocycles. The van der Waals surface area contributed by atoms with E-state index in [4.69, 9.17) is 0 Å². The maximum Gasteiger partial charge on any atom is 0.267 e. The summed E-state index contributed by atoms with van der Waals surface area (Å²) in [6.45, 7) is 4.68. The molecule has 90 valence electrons. The number of hydrogen-bond donors (Lipinski definition) is 0. The van der Waals surface area contributed by atoms with E-state index in [9.17, 15) is 4.79 Å². The Hall–Kier alpha value is -1.01. The summed E-state index contributed by atoms with van der Waals surface area (Å²) in [4.78, 5) is 20.2. The van der Waals surface area contributed by atoms with Crippen LogP contribution < -0.4 is 5.56 Å². The highest BCUT2D eigenvalue weighted by Crippen LogP contribution is 2.19. The van der Waals surface area contributed by atoms with E-state index in [0.29, 0.717) is 16.9 Å². The normalized spacial score (nSPS) is 11.1. The number of rotatable bonds is 3. The first kappa shape index (κ1) is 12.4. The van der Waals surface area contributed by atoms with Gasteiger partial charge < -0.3 is 0 Å². The highest BCUT2D eigenvalue weighted by Gasteiger charge is 2.07. The van der Waals surface area contributed by atoms with Gasteiger partial charge in [0.05, 0.1) is 23.6 Å². The Bertz CT molecular complexity index is 576. The van der Waals surface area contributed by atoms with Gasteiger partial charge in [0.15, 0.2) is 0 Å². The molecule has 0 aliphatic carbocycles. The molecule has 0 unspecified atom stereocenters. The smallest absolute Gasteiger partial charge is 0.267 e. The molecule has 17 heavy (non-hydrogen) atoms. The van der Waals surface area contributed by atoms with Gasteiger partial charge in [-0.1, -0.05) is 13.8 Å². The first-order valence-corrected chi connectivity index (χ1v) is 6.89. The third kappa shape index (κ3) is 2.81. The topological polar surface area (TPSA) is 47.8 Å². The fourth-order valence-electron chi connectivity index (χ4n) is 1.37. The lowest BCUT2D eigenvalue weighted by Gasteiger charge is -2.02. The van der Waals surface area contributed by atoms with Gasteiger partial charge in [0.25, 0.3) is 5.56 Å². The van der Waals surface area contributed by atoms with Crippen LogP contribution in [0.4, 0.5) is 0 Å². The van der Waals surface area contributed by atoms with E-state index in [1.807, 2.05) is 5.38 Å². The molecule has 0 atom stereocenters. The quantitative estimate of drug-likeness (QED) is 0.875. The SMILES string of the molecule is CC(C)c1nc(Cn2cncc(Br)c2=O)cs1. The van der Waals surface area contributed by atoms with Gasteiger partial charge in [-0.25, -0.2) is 9.97 Å². The summed E-state index contributed by atoms with van der Waals surface area (Å²) in [5.74, 6) is 0.422. The fourth-order valence-corrected chi connectivity index (χ4v) is 2.54. The van der Waals surface area contributed by atoms with Gasteiger partial charge in [-0.05, 0) is 15.9 Å². The summed E-state index contributed by atoms with van der Waals surface area (Å²) in [5.41, 5.74) is 0.819. The Morgan fingerprint density at radius 3 is 2.94 bits per heavy atom. The molecule has 2 aromatic heterocycles. The molecule has 0 fully saturated rings. The Balaban J connectivity index is 2.26. The summed E-state index contributed by atoms with van der Waals surface area (Å²) in [7, 11) is 0. The van der Waals surface area contributed by atoms with E-state index in [0.717, 1.165) is 10.7 Å². The van der Waals surface area contributed by atoms with Crippen molar-refractivity contribution in [1.82, 2.24) is 14.5 Å². The van der Waals surface area contributed by atoms with Crippen molar-refractivity contribution in [1.29, 1.82) is 0 Å². The largest absolute Gasteiger partial charge is 0.292 e. The molecule has 0 aromatic carbocycles. The maximum absolute atomic E-state index is 11.8. The molecule has 0 aliphatic heterocycles. The molecule has 2 rings (SSSR count). The predicted molar refractivity (Wildman–Crippen MR) is 71.5 cm³/mol. The van der Waals surface area contributed by atoms with Crippen molar-refractivity contribution >= 4 is 27.3 Å². The number of halogens is 1.